The van der Waals surface area contributed by atoms with E-state index in [0.29, 0.717) is 25.4 Å². The summed E-state index contributed by atoms with van der Waals surface area (Å²) in [6.07, 6.45) is 1.06. The van der Waals surface area contributed by atoms with Gasteiger partial charge in [0.25, 0.3) is 0 Å². The van der Waals surface area contributed by atoms with Gasteiger partial charge in [0, 0.05) is 19.5 Å². The summed E-state index contributed by atoms with van der Waals surface area (Å²) in [6.45, 7) is 10.3. The Morgan fingerprint density at radius 3 is 2.22 bits per heavy atom. The van der Waals surface area contributed by atoms with E-state index in [1.807, 2.05) is 6.92 Å². The van der Waals surface area contributed by atoms with E-state index in [-0.39, 0.29) is 5.91 Å². The molecule has 0 aliphatic rings. The molecule has 0 saturated heterocycles. The van der Waals surface area contributed by atoms with Crippen molar-refractivity contribution in [3.8, 4) is 0 Å². The molecule has 0 radical (unpaired) electrons. The van der Waals surface area contributed by atoms with Crippen LogP contribution in [-0.4, -0.2) is 30.7 Å². The highest BCUT2D eigenvalue weighted by Gasteiger charge is 2.15. The summed E-state index contributed by atoms with van der Waals surface area (Å²) >= 11 is 0. The van der Waals surface area contributed by atoms with E-state index in [1.54, 1.807) is 20.8 Å². The number of hydrogen-bond donors (Lipinski definition) is 2. The van der Waals surface area contributed by atoms with Crippen LogP contribution in [0.5, 0.6) is 0 Å². The third-order valence-electron chi connectivity index (χ3n) is 2.35. The fourth-order valence-electron chi connectivity index (χ4n) is 1.21. The van der Waals surface area contributed by atoms with E-state index in [1.165, 1.54) is 0 Å². The predicted octanol–water partition coefficient (Wildman–Crippen LogP) is 2.06. The van der Waals surface area contributed by atoms with Crippen molar-refractivity contribution in [1.82, 2.24) is 10.6 Å². The maximum absolute atomic E-state index is 11.4. The summed E-state index contributed by atoms with van der Waals surface area (Å²) in [7, 11) is 0. The van der Waals surface area contributed by atoms with Gasteiger partial charge >= 0.3 is 6.09 Å². The van der Waals surface area contributed by atoms with Crippen LogP contribution in [0.3, 0.4) is 0 Å². The second-order valence-corrected chi connectivity index (χ2v) is 5.50. The first-order valence-corrected chi connectivity index (χ1v) is 6.48. The number of amides is 2. The molecule has 5 nitrogen and oxygen atoms in total. The lowest BCUT2D eigenvalue weighted by Gasteiger charge is -2.19. The molecule has 0 heterocycles. The Labute approximate surface area is 110 Å². The summed E-state index contributed by atoms with van der Waals surface area (Å²) in [6, 6.07) is 0. The van der Waals surface area contributed by atoms with Crippen molar-refractivity contribution in [3.63, 3.8) is 0 Å². The largest absolute Gasteiger partial charge is 0.444 e. The van der Waals surface area contributed by atoms with E-state index in [9.17, 15) is 9.59 Å². The molecular weight excluding hydrogens is 232 g/mol. The highest BCUT2D eigenvalue weighted by atomic mass is 16.6. The van der Waals surface area contributed by atoms with Gasteiger partial charge in [-0.1, -0.05) is 20.3 Å². The number of carbonyl (C=O) groups excluding carboxylic acids is 2. The van der Waals surface area contributed by atoms with E-state index in [4.69, 9.17) is 4.74 Å². The standard InChI is InChI=1S/C13H26N2O3/c1-6-10(2)9-11(16)14-7-8-15-12(17)18-13(3,4)5/h10H,6-9H2,1-5H3,(H,14,16)(H,15,17)/t10-/m0/s1. The van der Waals surface area contributed by atoms with Crippen LogP contribution in [-0.2, 0) is 9.53 Å². The maximum Gasteiger partial charge on any atom is 0.407 e. The van der Waals surface area contributed by atoms with Gasteiger partial charge in [-0.2, -0.15) is 0 Å². The topological polar surface area (TPSA) is 67.4 Å². The lowest BCUT2D eigenvalue weighted by molar-refractivity contribution is -0.121. The molecule has 106 valence electrons. The quantitative estimate of drug-likeness (QED) is 0.717. The molecule has 0 bridgehead atoms. The second kappa shape index (κ2) is 7.95. The molecule has 0 aliphatic heterocycles. The number of rotatable bonds is 6. The molecule has 0 aromatic rings. The maximum atomic E-state index is 11.4. The van der Waals surface area contributed by atoms with Crippen LogP contribution >= 0.6 is 0 Å². The SMILES string of the molecule is CC[C@H](C)CC(=O)NCCNC(=O)OC(C)(C)C. The predicted molar refractivity (Wildman–Crippen MR) is 71.3 cm³/mol. The van der Waals surface area contributed by atoms with Crippen molar-refractivity contribution in [1.29, 1.82) is 0 Å². The Balaban J connectivity index is 3.62. The van der Waals surface area contributed by atoms with Crippen molar-refractivity contribution >= 4 is 12.0 Å². The van der Waals surface area contributed by atoms with Crippen LogP contribution in [0.1, 0.15) is 47.5 Å². The van der Waals surface area contributed by atoms with Gasteiger partial charge in [-0.25, -0.2) is 4.79 Å². The van der Waals surface area contributed by atoms with Crippen molar-refractivity contribution in [3.05, 3.63) is 0 Å². The number of carbonyl (C=O) groups is 2. The highest BCUT2D eigenvalue weighted by molar-refractivity contribution is 5.76. The molecule has 0 fully saturated rings. The zero-order valence-corrected chi connectivity index (χ0v) is 12.1. The summed E-state index contributed by atoms with van der Waals surface area (Å²) in [4.78, 5) is 22.7. The second-order valence-electron chi connectivity index (χ2n) is 5.50. The van der Waals surface area contributed by atoms with Gasteiger partial charge in [0.15, 0.2) is 0 Å². The van der Waals surface area contributed by atoms with E-state index >= 15 is 0 Å². The minimum absolute atomic E-state index is 0.0235. The zero-order valence-electron chi connectivity index (χ0n) is 12.1. The third-order valence-corrected chi connectivity index (χ3v) is 2.35. The molecule has 5 heteroatoms. The molecule has 0 aromatic carbocycles. The van der Waals surface area contributed by atoms with Crippen molar-refractivity contribution < 1.29 is 14.3 Å². The molecule has 2 amide bonds. The average molecular weight is 258 g/mol. The Morgan fingerprint density at radius 2 is 1.72 bits per heavy atom. The van der Waals surface area contributed by atoms with Crippen molar-refractivity contribution in [2.75, 3.05) is 13.1 Å². The first kappa shape index (κ1) is 16.7. The van der Waals surface area contributed by atoms with Crippen LogP contribution in [0, 0.1) is 5.92 Å². The molecule has 0 saturated carbocycles. The molecule has 0 aromatic heterocycles. The smallest absolute Gasteiger partial charge is 0.407 e. The van der Waals surface area contributed by atoms with Gasteiger partial charge in [-0.3, -0.25) is 4.79 Å². The Kier molecular flexibility index (Phi) is 7.39. The Bertz CT molecular complexity index is 272. The summed E-state index contributed by atoms with van der Waals surface area (Å²) in [5, 5.41) is 5.34. The first-order chi connectivity index (χ1) is 8.24. The van der Waals surface area contributed by atoms with Crippen LogP contribution in [0.15, 0.2) is 0 Å². The monoisotopic (exact) mass is 258 g/mol. The number of alkyl carbamates (subject to hydrolysis) is 1. The van der Waals surface area contributed by atoms with E-state index in [2.05, 4.69) is 17.6 Å². The molecule has 0 unspecified atom stereocenters. The number of nitrogens with one attached hydrogen (secondary N) is 2. The van der Waals surface area contributed by atoms with Crippen molar-refractivity contribution in [2.45, 2.75) is 53.1 Å². The minimum atomic E-state index is -0.496. The molecule has 0 spiro atoms. The Morgan fingerprint density at radius 1 is 1.17 bits per heavy atom. The van der Waals surface area contributed by atoms with Crippen LogP contribution < -0.4 is 10.6 Å². The normalized spacial score (nSPS) is 12.7. The number of hydrogen-bond acceptors (Lipinski definition) is 3. The molecule has 1 atom stereocenters. The van der Waals surface area contributed by atoms with Gasteiger partial charge < -0.3 is 15.4 Å². The molecule has 0 aliphatic carbocycles. The first-order valence-electron chi connectivity index (χ1n) is 6.48. The van der Waals surface area contributed by atoms with Crippen LogP contribution in [0.2, 0.25) is 0 Å². The fraction of sp³-hybridized carbons (Fsp3) is 0.846. The van der Waals surface area contributed by atoms with Crippen LogP contribution in [0.4, 0.5) is 4.79 Å². The third kappa shape index (κ3) is 9.93. The molecule has 0 rings (SSSR count). The molecule has 18 heavy (non-hydrogen) atoms. The van der Waals surface area contributed by atoms with Gasteiger partial charge in [0.05, 0.1) is 0 Å². The summed E-state index contributed by atoms with van der Waals surface area (Å²) in [5.74, 6) is 0.416. The van der Waals surface area contributed by atoms with Gasteiger partial charge in [0.2, 0.25) is 5.91 Å². The van der Waals surface area contributed by atoms with Gasteiger partial charge in [0.1, 0.15) is 5.60 Å². The van der Waals surface area contributed by atoms with E-state index < -0.39 is 11.7 Å². The van der Waals surface area contributed by atoms with Crippen molar-refractivity contribution in [2.24, 2.45) is 5.92 Å². The van der Waals surface area contributed by atoms with E-state index in [0.717, 1.165) is 6.42 Å². The average Bonchev–Trinajstić information content (AvgIpc) is 2.21. The summed E-state index contributed by atoms with van der Waals surface area (Å²) in [5.41, 5.74) is -0.496. The molecular formula is C13H26N2O3. The lowest BCUT2D eigenvalue weighted by Crippen LogP contribution is -2.38. The minimum Gasteiger partial charge on any atom is -0.444 e. The summed E-state index contributed by atoms with van der Waals surface area (Å²) < 4.78 is 5.06. The zero-order chi connectivity index (χ0) is 14.2. The van der Waals surface area contributed by atoms with Gasteiger partial charge in [-0.05, 0) is 26.7 Å². The highest BCUT2D eigenvalue weighted by Crippen LogP contribution is 2.06. The number of ether oxygens (including phenoxy) is 1. The molecule has 2 N–H and O–H groups in total. The van der Waals surface area contributed by atoms with Crippen LogP contribution in [0.25, 0.3) is 0 Å². The lowest BCUT2D eigenvalue weighted by atomic mass is 10.1. The fourth-order valence-corrected chi connectivity index (χ4v) is 1.21. The Hall–Kier alpha value is -1.26. The van der Waals surface area contributed by atoms with Gasteiger partial charge in [-0.15, -0.1) is 0 Å².